The molecule has 114 valence electrons. The van der Waals surface area contributed by atoms with E-state index in [9.17, 15) is 9.18 Å². The maximum atomic E-state index is 13.1. The fraction of sp³-hybridized carbons (Fsp3) is 0.235. The highest BCUT2D eigenvalue weighted by Gasteiger charge is 2.26. The van der Waals surface area contributed by atoms with Crippen LogP contribution in [0, 0.1) is 5.82 Å². The number of carbonyl (C=O) groups is 1. The van der Waals surface area contributed by atoms with Gasteiger partial charge in [0.1, 0.15) is 5.82 Å². The minimum Gasteiger partial charge on any atom is -0.332 e. The Labute approximate surface area is 137 Å². The molecule has 22 heavy (non-hydrogen) atoms. The molecule has 0 N–H and O–H groups in total. The van der Waals surface area contributed by atoms with Crippen molar-refractivity contribution in [2.75, 3.05) is 6.54 Å². The minimum absolute atomic E-state index is 0.0372. The SMILES string of the molecule is C[C@H]1c2ccsc2CCN1C(=O)/C=C/c1ccc(F)c(Cl)c1. The van der Waals surface area contributed by atoms with Gasteiger partial charge in [0.25, 0.3) is 0 Å². The van der Waals surface area contributed by atoms with E-state index in [2.05, 4.69) is 11.4 Å². The van der Waals surface area contributed by atoms with Crippen LogP contribution in [0.1, 0.15) is 29.0 Å². The molecule has 0 saturated heterocycles. The van der Waals surface area contributed by atoms with Crippen molar-refractivity contribution in [2.45, 2.75) is 19.4 Å². The molecular formula is C17H15ClFNOS. The molecule has 1 amide bonds. The number of thiophene rings is 1. The van der Waals surface area contributed by atoms with Crippen LogP contribution in [-0.2, 0) is 11.2 Å². The van der Waals surface area contributed by atoms with Crippen LogP contribution < -0.4 is 0 Å². The lowest BCUT2D eigenvalue weighted by molar-refractivity contribution is -0.128. The monoisotopic (exact) mass is 335 g/mol. The molecular weight excluding hydrogens is 321 g/mol. The van der Waals surface area contributed by atoms with Crippen LogP contribution in [0.3, 0.4) is 0 Å². The van der Waals surface area contributed by atoms with Crippen molar-refractivity contribution < 1.29 is 9.18 Å². The van der Waals surface area contributed by atoms with Crippen molar-refractivity contribution in [2.24, 2.45) is 0 Å². The first kappa shape index (κ1) is 15.3. The Bertz CT molecular complexity index is 740. The first-order chi connectivity index (χ1) is 10.6. The number of rotatable bonds is 2. The zero-order valence-electron chi connectivity index (χ0n) is 12.1. The van der Waals surface area contributed by atoms with Crippen LogP contribution in [-0.4, -0.2) is 17.4 Å². The maximum Gasteiger partial charge on any atom is 0.247 e. The van der Waals surface area contributed by atoms with Gasteiger partial charge in [-0.3, -0.25) is 4.79 Å². The molecule has 0 fully saturated rings. The maximum absolute atomic E-state index is 13.1. The Morgan fingerprint density at radius 1 is 1.45 bits per heavy atom. The summed E-state index contributed by atoms with van der Waals surface area (Å²) in [4.78, 5) is 15.6. The third-order valence-electron chi connectivity index (χ3n) is 3.92. The molecule has 1 atom stereocenters. The van der Waals surface area contributed by atoms with Crippen LogP contribution in [0.25, 0.3) is 6.08 Å². The highest BCUT2D eigenvalue weighted by atomic mass is 35.5. The Hall–Kier alpha value is -1.65. The van der Waals surface area contributed by atoms with Gasteiger partial charge in [0, 0.05) is 17.5 Å². The van der Waals surface area contributed by atoms with Crippen LogP contribution in [0.2, 0.25) is 5.02 Å². The lowest BCUT2D eigenvalue weighted by Crippen LogP contribution is -2.37. The Morgan fingerprint density at radius 3 is 3.05 bits per heavy atom. The zero-order valence-corrected chi connectivity index (χ0v) is 13.6. The smallest absolute Gasteiger partial charge is 0.247 e. The summed E-state index contributed by atoms with van der Waals surface area (Å²) in [6.07, 6.45) is 4.10. The molecule has 1 aliphatic rings. The number of amides is 1. The fourth-order valence-corrected chi connectivity index (χ4v) is 3.84. The van der Waals surface area contributed by atoms with Crippen LogP contribution in [0.15, 0.2) is 35.7 Å². The van der Waals surface area contributed by atoms with Crippen molar-refractivity contribution in [3.63, 3.8) is 0 Å². The molecule has 0 saturated carbocycles. The number of benzene rings is 1. The Kier molecular flexibility index (Phi) is 4.32. The Morgan fingerprint density at radius 2 is 2.27 bits per heavy atom. The number of fused-ring (bicyclic) bond motifs is 1. The van der Waals surface area contributed by atoms with Gasteiger partial charge in [-0.05, 0) is 54.1 Å². The summed E-state index contributed by atoms with van der Waals surface area (Å²) in [5, 5.41) is 2.13. The van der Waals surface area contributed by atoms with E-state index in [0.29, 0.717) is 5.56 Å². The molecule has 5 heteroatoms. The lowest BCUT2D eigenvalue weighted by atomic mass is 10.0. The van der Waals surface area contributed by atoms with Gasteiger partial charge in [0.05, 0.1) is 11.1 Å². The molecule has 0 bridgehead atoms. The highest BCUT2D eigenvalue weighted by molar-refractivity contribution is 7.10. The zero-order chi connectivity index (χ0) is 15.7. The molecule has 0 unspecified atom stereocenters. The van der Waals surface area contributed by atoms with Crippen molar-refractivity contribution in [3.8, 4) is 0 Å². The van der Waals surface area contributed by atoms with E-state index in [-0.39, 0.29) is 17.0 Å². The predicted molar refractivity (Wildman–Crippen MR) is 88.6 cm³/mol. The van der Waals surface area contributed by atoms with Gasteiger partial charge in [-0.25, -0.2) is 4.39 Å². The molecule has 1 aromatic heterocycles. The summed E-state index contributed by atoms with van der Waals surface area (Å²) in [6.45, 7) is 2.77. The average molecular weight is 336 g/mol. The lowest BCUT2D eigenvalue weighted by Gasteiger charge is -2.32. The van der Waals surface area contributed by atoms with E-state index in [1.807, 2.05) is 11.8 Å². The van der Waals surface area contributed by atoms with Crippen molar-refractivity contribution in [1.82, 2.24) is 4.90 Å². The average Bonchev–Trinajstić information content (AvgIpc) is 2.98. The van der Waals surface area contributed by atoms with Crippen molar-refractivity contribution in [3.05, 3.63) is 62.6 Å². The predicted octanol–water partition coefficient (Wildman–Crippen LogP) is 4.70. The summed E-state index contributed by atoms with van der Waals surface area (Å²) in [7, 11) is 0. The van der Waals surface area contributed by atoms with Gasteiger partial charge in [0.2, 0.25) is 5.91 Å². The highest BCUT2D eigenvalue weighted by Crippen LogP contribution is 2.32. The normalized spacial score (nSPS) is 17.8. The minimum atomic E-state index is -0.459. The number of nitrogens with zero attached hydrogens (tertiary/aromatic N) is 1. The van der Waals surface area contributed by atoms with E-state index in [0.717, 1.165) is 13.0 Å². The summed E-state index contributed by atoms with van der Waals surface area (Å²) in [5.41, 5.74) is 1.95. The summed E-state index contributed by atoms with van der Waals surface area (Å²) in [5.74, 6) is -0.496. The molecule has 2 nitrogen and oxygen atoms in total. The standard InChI is InChI=1S/C17H15ClFNOS/c1-11-13-7-9-22-16(13)6-8-20(11)17(21)5-3-12-2-4-15(19)14(18)10-12/h2-5,7,9-11H,6,8H2,1H3/b5-3+/t11-/m0/s1. The van der Waals surface area contributed by atoms with Crippen LogP contribution >= 0.6 is 22.9 Å². The summed E-state index contributed by atoms with van der Waals surface area (Å²) in [6, 6.07) is 6.59. The molecule has 2 heterocycles. The second-order valence-corrected chi connectivity index (χ2v) is 6.67. The van der Waals surface area contributed by atoms with E-state index in [4.69, 9.17) is 11.6 Å². The van der Waals surface area contributed by atoms with Gasteiger partial charge in [0.15, 0.2) is 0 Å². The topological polar surface area (TPSA) is 20.3 Å². The van der Waals surface area contributed by atoms with E-state index < -0.39 is 5.82 Å². The third kappa shape index (κ3) is 2.94. The van der Waals surface area contributed by atoms with E-state index in [1.165, 1.54) is 28.6 Å². The summed E-state index contributed by atoms with van der Waals surface area (Å²) < 4.78 is 13.1. The second-order valence-electron chi connectivity index (χ2n) is 5.26. The van der Waals surface area contributed by atoms with E-state index in [1.54, 1.807) is 23.5 Å². The second kappa shape index (κ2) is 6.23. The van der Waals surface area contributed by atoms with Gasteiger partial charge in [-0.2, -0.15) is 0 Å². The summed E-state index contributed by atoms with van der Waals surface area (Å²) >= 11 is 7.49. The molecule has 0 spiro atoms. The largest absolute Gasteiger partial charge is 0.332 e. The number of halogens is 2. The molecule has 0 radical (unpaired) electrons. The van der Waals surface area contributed by atoms with Gasteiger partial charge in [-0.1, -0.05) is 17.7 Å². The molecule has 2 aromatic rings. The van der Waals surface area contributed by atoms with Crippen molar-refractivity contribution in [1.29, 1.82) is 0 Å². The van der Waals surface area contributed by atoms with Crippen LogP contribution in [0.4, 0.5) is 4.39 Å². The molecule has 3 rings (SSSR count). The quantitative estimate of drug-likeness (QED) is 0.728. The fourth-order valence-electron chi connectivity index (χ4n) is 2.69. The Balaban J connectivity index is 1.74. The van der Waals surface area contributed by atoms with Gasteiger partial charge in [-0.15, -0.1) is 11.3 Å². The first-order valence-electron chi connectivity index (χ1n) is 7.06. The number of hydrogen-bond donors (Lipinski definition) is 0. The molecule has 0 aliphatic carbocycles. The van der Waals surface area contributed by atoms with Gasteiger partial charge >= 0.3 is 0 Å². The number of hydrogen-bond acceptors (Lipinski definition) is 2. The molecule has 1 aliphatic heterocycles. The number of carbonyl (C=O) groups excluding carboxylic acids is 1. The van der Waals surface area contributed by atoms with Gasteiger partial charge < -0.3 is 4.90 Å². The van der Waals surface area contributed by atoms with Crippen LogP contribution in [0.5, 0.6) is 0 Å². The molecule has 1 aromatic carbocycles. The third-order valence-corrected chi connectivity index (χ3v) is 5.21. The van der Waals surface area contributed by atoms with E-state index >= 15 is 0 Å². The first-order valence-corrected chi connectivity index (χ1v) is 8.32. The van der Waals surface area contributed by atoms with Crippen molar-refractivity contribution >= 4 is 34.9 Å².